The highest BCUT2D eigenvalue weighted by Crippen LogP contribution is 2.35. The van der Waals surface area contributed by atoms with Crippen LogP contribution in [0.2, 0.25) is 0 Å². The molecule has 0 saturated heterocycles. The molecule has 1 aromatic carbocycles. The van der Waals surface area contributed by atoms with Crippen LogP contribution in [0, 0.1) is 11.3 Å². The molecule has 1 aliphatic carbocycles. The van der Waals surface area contributed by atoms with Gasteiger partial charge in [-0.3, -0.25) is 4.79 Å². The standard InChI is InChI=1S/C19H23N5OS2/c1-14(16(25)24(2)19(13-20)11-7-4-8-12-19)26-18-23-22-17(27-18)21-15-9-5-3-6-10-15/h3,5-6,9-10,14H,4,7-8,11-12H2,1-2H3,(H,21,22)/t14-/m0/s1. The fourth-order valence-corrected chi connectivity index (χ4v) is 5.31. The van der Waals surface area contributed by atoms with E-state index in [0.717, 1.165) is 42.1 Å². The van der Waals surface area contributed by atoms with Crippen LogP contribution in [0.4, 0.5) is 10.8 Å². The first kappa shape index (κ1) is 19.6. The van der Waals surface area contributed by atoms with Gasteiger partial charge in [0.15, 0.2) is 4.34 Å². The molecular formula is C19H23N5OS2. The minimum Gasteiger partial charge on any atom is -0.330 e. The predicted octanol–water partition coefficient (Wildman–Crippen LogP) is 4.45. The third-order valence-electron chi connectivity index (χ3n) is 4.92. The van der Waals surface area contributed by atoms with Gasteiger partial charge in [0.25, 0.3) is 0 Å². The highest BCUT2D eigenvalue weighted by atomic mass is 32.2. The monoisotopic (exact) mass is 401 g/mol. The van der Waals surface area contributed by atoms with E-state index in [1.54, 1.807) is 11.9 Å². The fourth-order valence-electron chi connectivity index (χ4n) is 3.30. The third-order valence-corrected chi connectivity index (χ3v) is 6.93. The summed E-state index contributed by atoms with van der Waals surface area (Å²) < 4.78 is 0.734. The molecule has 1 saturated carbocycles. The van der Waals surface area contributed by atoms with Gasteiger partial charge >= 0.3 is 0 Å². The van der Waals surface area contributed by atoms with Gasteiger partial charge in [-0.2, -0.15) is 5.26 Å². The van der Waals surface area contributed by atoms with Crippen molar-refractivity contribution >= 4 is 39.8 Å². The number of thioether (sulfide) groups is 1. The second kappa shape index (κ2) is 8.72. The molecule has 1 amide bonds. The number of hydrogen-bond acceptors (Lipinski definition) is 7. The van der Waals surface area contributed by atoms with E-state index in [2.05, 4.69) is 21.6 Å². The smallest absolute Gasteiger partial charge is 0.236 e. The second-order valence-corrected chi connectivity index (χ2v) is 9.29. The molecule has 2 aromatic rings. The van der Waals surface area contributed by atoms with Gasteiger partial charge in [0.2, 0.25) is 11.0 Å². The Morgan fingerprint density at radius 1 is 1.30 bits per heavy atom. The number of carbonyl (C=O) groups is 1. The summed E-state index contributed by atoms with van der Waals surface area (Å²) in [7, 11) is 1.76. The molecule has 1 aliphatic rings. The number of aromatic nitrogens is 2. The van der Waals surface area contributed by atoms with Crippen molar-refractivity contribution in [3.63, 3.8) is 0 Å². The van der Waals surface area contributed by atoms with Gasteiger partial charge in [0, 0.05) is 12.7 Å². The highest BCUT2D eigenvalue weighted by molar-refractivity contribution is 8.02. The van der Waals surface area contributed by atoms with Gasteiger partial charge in [-0.15, -0.1) is 10.2 Å². The van der Waals surface area contributed by atoms with Gasteiger partial charge in [0.1, 0.15) is 5.54 Å². The molecule has 1 heterocycles. The van der Waals surface area contributed by atoms with Crippen LogP contribution in [0.5, 0.6) is 0 Å². The Bertz CT molecular complexity index is 811. The summed E-state index contributed by atoms with van der Waals surface area (Å²) >= 11 is 2.81. The summed E-state index contributed by atoms with van der Waals surface area (Å²) in [5.41, 5.74) is 0.285. The summed E-state index contributed by atoms with van der Waals surface area (Å²) in [5.74, 6) is -0.0313. The average Bonchev–Trinajstić information content (AvgIpc) is 3.14. The lowest BCUT2D eigenvalue weighted by molar-refractivity contribution is -0.133. The Morgan fingerprint density at radius 2 is 2.00 bits per heavy atom. The van der Waals surface area contributed by atoms with Crippen LogP contribution >= 0.6 is 23.1 Å². The van der Waals surface area contributed by atoms with E-state index >= 15 is 0 Å². The zero-order valence-electron chi connectivity index (χ0n) is 15.5. The third kappa shape index (κ3) is 4.60. The van der Waals surface area contributed by atoms with Gasteiger partial charge in [-0.1, -0.05) is 60.6 Å². The number of para-hydroxylation sites is 1. The van der Waals surface area contributed by atoms with E-state index < -0.39 is 5.54 Å². The van der Waals surface area contributed by atoms with Crippen molar-refractivity contribution in [2.45, 2.75) is 54.2 Å². The van der Waals surface area contributed by atoms with Crippen molar-refractivity contribution < 1.29 is 4.79 Å². The summed E-state index contributed by atoms with van der Waals surface area (Å²) in [6.07, 6.45) is 4.65. The van der Waals surface area contributed by atoms with E-state index in [-0.39, 0.29) is 11.2 Å². The van der Waals surface area contributed by atoms with E-state index in [9.17, 15) is 10.1 Å². The first-order chi connectivity index (χ1) is 13.0. The zero-order chi connectivity index (χ0) is 19.3. The van der Waals surface area contributed by atoms with Crippen molar-refractivity contribution in [2.75, 3.05) is 12.4 Å². The maximum absolute atomic E-state index is 12.9. The van der Waals surface area contributed by atoms with Crippen LogP contribution < -0.4 is 5.32 Å². The predicted molar refractivity (Wildman–Crippen MR) is 109 cm³/mol. The SMILES string of the molecule is C[C@H](Sc1nnc(Nc2ccccc2)s1)C(=O)N(C)C1(C#N)CCCCC1. The number of anilines is 2. The Kier molecular flexibility index (Phi) is 6.34. The van der Waals surface area contributed by atoms with Gasteiger partial charge in [-0.25, -0.2) is 0 Å². The molecule has 1 fully saturated rings. The summed E-state index contributed by atoms with van der Waals surface area (Å²) in [6, 6.07) is 12.2. The number of nitrogens with one attached hydrogen (secondary N) is 1. The van der Waals surface area contributed by atoms with Crippen molar-refractivity contribution in [1.82, 2.24) is 15.1 Å². The molecular weight excluding hydrogens is 378 g/mol. The minimum atomic E-state index is -0.661. The van der Waals surface area contributed by atoms with Crippen LogP contribution in [0.1, 0.15) is 39.0 Å². The lowest BCUT2D eigenvalue weighted by atomic mass is 9.81. The largest absolute Gasteiger partial charge is 0.330 e. The van der Waals surface area contributed by atoms with Crippen LogP contribution in [0.3, 0.4) is 0 Å². The lowest BCUT2D eigenvalue weighted by Gasteiger charge is -2.39. The average molecular weight is 402 g/mol. The normalized spacial score (nSPS) is 16.9. The van der Waals surface area contributed by atoms with Crippen LogP contribution in [-0.4, -0.2) is 38.8 Å². The number of benzene rings is 1. The summed E-state index contributed by atoms with van der Waals surface area (Å²) in [4.78, 5) is 14.6. The second-order valence-electron chi connectivity index (χ2n) is 6.73. The molecule has 27 heavy (non-hydrogen) atoms. The van der Waals surface area contributed by atoms with Gasteiger partial charge in [0.05, 0.1) is 11.3 Å². The van der Waals surface area contributed by atoms with Gasteiger partial charge in [-0.05, 0) is 31.9 Å². The topological polar surface area (TPSA) is 81.9 Å². The molecule has 6 nitrogen and oxygen atoms in total. The van der Waals surface area contributed by atoms with Crippen molar-refractivity contribution in [3.05, 3.63) is 30.3 Å². The molecule has 0 unspecified atom stereocenters. The fraction of sp³-hybridized carbons (Fsp3) is 0.474. The molecule has 1 aromatic heterocycles. The molecule has 1 atom stereocenters. The van der Waals surface area contributed by atoms with Crippen molar-refractivity contribution in [1.29, 1.82) is 5.26 Å². The molecule has 0 aliphatic heterocycles. The minimum absolute atomic E-state index is 0.0313. The van der Waals surface area contributed by atoms with E-state index in [1.165, 1.54) is 23.1 Å². The number of rotatable bonds is 6. The van der Waals surface area contributed by atoms with Gasteiger partial charge < -0.3 is 10.2 Å². The Hall–Kier alpha value is -2.11. The van der Waals surface area contributed by atoms with Crippen LogP contribution in [0.15, 0.2) is 34.7 Å². The van der Waals surface area contributed by atoms with E-state index in [0.29, 0.717) is 5.13 Å². The maximum Gasteiger partial charge on any atom is 0.236 e. The van der Waals surface area contributed by atoms with E-state index in [4.69, 9.17) is 0 Å². The number of nitriles is 1. The summed E-state index contributed by atoms with van der Waals surface area (Å²) in [5, 5.41) is 21.6. The molecule has 1 N–H and O–H groups in total. The lowest BCUT2D eigenvalue weighted by Crippen LogP contribution is -2.52. The van der Waals surface area contributed by atoms with E-state index in [1.807, 2.05) is 37.3 Å². The number of nitrogens with zero attached hydrogens (tertiary/aromatic N) is 4. The quantitative estimate of drug-likeness (QED) is 0.720. The molecule has 0 spiro atoms. The number of carbonyl (C=O) groups excluding carboxylic acids is 1. The number of hydrogen-bond donors (Lipinski definition) is 1. The zero-order valence-corrected chi connectivity index (χ0v) is 17.1. The van der Waals surface area contributed by atoms with Crippen molar-refractivity contribution in [3.8, 4) is 6.07 Å². The molecule has 3 rings (SSSR count). The molecule has 0 bridgehead atoms. The Labute approximate surface area is 168 Å². The summed E-state index contributed by atoms with van der Waals surface area (Å²) in [6.45, 7) is 1.86. The Morgan fingerprint density at radius 3 is 2.67 bits per heavy atom. The Balaban J connectivity index is 1.62. The first-order valence-electron chi connectivity index (χ1n) is 9.05. The van der Waals surface area contributed by atoms with Crippen LogP contribution in [0.25, 0.3) is 0 Å². The van der Waals surface area contributed by atoms with Crippen molar-refractivity contribution in [2.24, 2.45) is 0 Å². The molecule has 8 heteroatoms. The van der Waals surface area contributed by atoms with Crippen LogP contribution in [-0.2, 0) is 4.79 Å². The number of amides is 1. The molecule has 142 valence electrons. The molecule has 0 radical (unpaired) electrons. The first-order valence-corrected chi connectivity index (χ1v) is 10.7. The maximum atomic E-state index is 12.9. The highest BCUT2D eigenvalue weighted by Gasteiger charge is 2.40.